The lowest BCUT2D eigenvalue weighted by Crippen LogP contribution is -2.44. The zero-order chi connectivity index (χ0) is 21.3. The summed E-state index contributed by atoms with van der Waals surface area (Å²) in [6, 6.07) is 10.4. The van der Waals surface area contributed by atoms with Crippen LogP contribution in [0.1, 0.15) is 72.7 Å². The number of fused-ring (bicyclic) bond motifs is 2. The van der Waals surface area contributed by atoms with Crippen molar-refractivity contribution in [3.8, 4) is 0 Å². The number of amides is 2. The molecule has 0 saturated carbocycles. The Morgan fingerprint density at radius 2 is 1.83 bits per heavy atom. The molecule has 0 radical (unpaired) electrons. The van der Waals surface area contributed by atoms with Crippen LogP contribution in [0.5, 0.6) is 0 Å². The molecule has 5 nitrogen and oxygen atoms in total. The number of rotatable bonds is 5. The van der Waals surface area contributed by atoms with Gasteiger partial charge in [0.15, 0.2) is 0 Å². The number of benzene rings is 1. The lowest BCUT2D eigenvalue weighted by atomic mass is 9.73. The first kappa shape index (κ1) is 20.7. The van der Waals surface area contributed by atoms with Crippen LogP contribution in [0.3, 0.4) is 0 Å². The van der Waals surface area contributed by atoms with E-state index in [-0.39, 0.29) is 23.1 Å². The lowest BCUT2D eigenvalue weighted by molar-refractivity contribution is -0.131. The van der Waals surface area contributed by atoms with Gasteiger partial charge in [-0.25, -0.2) is 0 Å². The van der Waals surface area contributed by atoms with E-state index in [1.807, 2.05) is 30.6 Å². The molecule has 0 N–H and O–H groups in total. The highest BCUT2D eigenvalue weighted by atomic mass is 16.3. The van der Waals surface area contributed by atoms with Crippen molar-refractivity contribution in [2.45, 2.75) is 57.8 Å². The summed E-state index contributed by atoms with van der Waals surface area (Å²) < 4.78 is 5.32. The molecule has 5 heteroatoms. The smallest absolute Gasteiger partial charge is 0.257 e. The molecular weight excluding hydrogens is 376 g/mol. The Morgan fingerprint density at radius 1 is 1.13 bits per heavy atom. The van der Waals surface area contributed by atoms with E-state index in [0.717, 1.165) is 45.4 Å². The van der Waals surface area contributed by atoms with E-state index in [9.17, 15) is 9.59 Å². The lowest BCUT2D eigenvalue weighted by Gasteiger charge is -2.40. The first-order valence-electron chi connectivity index (χ1n) is 11.2. The van der Waals surface area contributed by atoms with Crippen LogP contribution in [0.25, 0.3) is 0 Å². The quantitative estimate of drug-likeness (QED) is 0.732. The molecule has 1 aromatic carbocycles. The minimum absolute atomic E-state index is 0.0654. The number of furan rings is 1. The maximum absolute atomic E-state index is 12.9. The van der Waals surface area contributed by atoms with Crippen molar-refractivity contribution < 1.29 is 14.0 Å². The molecule has 160 valence electrons. The second-order valence-electron chi connectivity index (χ2n) is 8.72. The Balaban J connectivity index is 1.51. The third-order valence-corrected chi connectivity index (χ3v) is 7.24. The van der Waals surface area contributed by atoms with Crippen molar-refractivity contribution in [1.82, 2.24) is 9.80 Å². The van der Waals surface area contributed by atoms with Gasteiger partial charge in [-0.3, -0.25) is 9.59 Å². The van der Waals surface area contributed by atoms with Crippen molar-refractivity contribution in [3.63, 3.8) is 0 Å². The van der Waals surface area contributed by atoms with Gasteiger partial charge in [0.25, 0.3) is 5.91 Å². The second kappa shape index (κ2) is 8.29. The van der Waals surface area contributed by atoms with Crippen LogP contribution in [-0.4, -0.2) is 47.8 Å². The topological polar surface area (TPSA) is 53.8 Å². The number of hydrogen-bond donors (Lipinski definition) is 0. The predicted octanol–water partition coefficient (Wildman–Crippen LogP) is 4.51. The van der Waals surface area contributed by atoms with E-state index >= 15 is 0 Å². The molecule has 2 amide bonds. The number of carbonyl (C=O) groups excluding carboxylic acids is 2. The monoisotopic (exact) mass is 408 g/mol. The number of nitrogens with zero attached hydrogens (tertiary/aromatic N) is 2. The largest absolute Gasteiger partial charge is 0.469 e. The highest BCUT2D eigenvalue weighted by molar-refractivity contribution is 5.95. The van der Waals surface area contributed by atoms with Gasteiger partial charge >= 0.3 is 0 Å². The van der Waals surface area contributed by atoms with Crippen molar-refractivity contribution in [2.75, 3.05) is 26.2 Å². The van der Waals surface area contributed by atoms with Crippen LogP contribution in [0.15, 0.2) is 41.0 Å². The zero-order valence-electron chi connectivity index (χ0n) is 18.3. The Hall–Kier alpha value is -2.56. The molecule has 2 heterocycles. The van der Waals surface area contributed by atoms with Gasteiger partial charge < -0.3 is 14.2 Å². The molecule has 1 spiro atoms. The molecule has 2 aromatic rings. The maximum Gasteiger partial charge on any atom is 0.257 e. The first-order chi connectivity index (χ1) is 14.5. The zero-order valence-corrected chi connectivity index (χ0v) is 18.3. The fourth-order valence-electron chi connectivity index (χ4n) is 5.51. The van der Waals surface area contributed by atoms with Crippen molar-refractivity contribution in [2.24, 2.45) is 0 Å². The molecule has 1 aliphatic carbocycles. The Morgan fingerprint density at radius 3 is 2.47 bits per heavy atom. The highest BCUT2D eigenvalue weighted by Crippen LogP contribution is 2.52. The van der Waals surface area contributed by atoms with Crippen LogP contribution < -0.4 is 0 Å². The molecule has 4 rings (SSSR count). The fourth-order valence-corrected chi connectivity index (χ4v) is 5.51. The van der Waals surface area contributed by atoms with Gasteiger partial charge in [-0.1, -0.05) is 24.3 Å². The van der Waals surface area contributed by atoms with Crippen LogP contribution in [0, 0.1) is 6.92 Å². The summed E-state index contributed by atoms with van der Waals surface area (Å²) in [5, 5.41) is 0. The summed E-state index contributed by atoms with van der Waals surface area (Å²) in [5.41, 5.74) is 3.48. The first-order valence-corrected chi connectivity index (χ1v) is 11.2. The molecule has 30 heavy (non-hydrogen) atoms. The summed E-state index contributed by atoms with van der Waals surface area (Å²) in [4.78, 5) is 29.6. The molecule has 1 aromatic heterocycles. The van der Waals surface area contributed by atoms with E-state index < -0.39 is 0 Å². The van der Waals surface area contributed by atoms with Gasteiger partial charge in [-0.15, -0.1) is 0 Å². The van der Waals surface area contributed by atoms with Crippen LogP contribution >= 0.6 is 0 Å². The molecule has 1 aliphatic heterocycles. The Bertz CT molecular complexity index is 920. The van der Waals surface area contributed by atoms with Gasteiger partial charge in [0.2, 0.25) is 5.91 Å². The number of carbonyl (C=O) groups is 2. The van der Waals surface area contributed by atoms with Crippen LogP contribution in [0.2, 0.25) is 0 Å². The minimum atomic E-state index is 0.0654. The van der Waals surface area contributed by atoms with Crippen LogP contribution in [0.4, 0.5) is 0 Å². The van der Waals surface area contributed by atoms with Gasteiger partial charge in [0.05, 0.1) is 11.8 Å². The second-order valence-corrected chi connectivity index (χ2v) is 8.72. The standard InChI is InChI=1S/C25H32N2O3/c1-4-26(5-2)23(28)16-19-17-25(22-9-7-6-8-21(19)22)11-13-27(14-12-25)24(29)20-10-15-30-18(20)3/h6-10,15,19H,4-5,11-14,16-17H2,1-3H3/t19-/m1/s1. The van der Waals surface area contributed by atoms with Crippen molar-refractivity contribution >= 4 is 11.8 Å². The normalized spacial score (nSPS) is 19.7. The van der Waals surface area contributed by atoms with E-state index in [1.165, 1.54) is 11.1 Å². The molecule has 1 atom stereocenters. The van der Waals surface area contributed by atoms with Crippen molar-refractivity contribution in [3.05, 3.63) is 59.0 Å². The molecule has 2 aliphatic rings. The van der Waals surface area contributed by atoms with E-state index in [0.29, 0.717) is 17.7 Å². The Kier molecular flexibility index (Phi) is 5.72. The third kappa shape index (κ3) is 3.55. The van der Waals surface area contributed by atoms with Gasteiger partial charge in [-0.2, -0.15) is 0 Å². The van der Waals surface area contributed by atoms with Gasteiger partial charge in [-0.05, 0) is 68.6 Å². The summed E-state index contributed by atoms with van der Waals surface area (Å²) >= 11 is 0. The summed E-state index contributed by atoms with van der Waals surface area (Å²) in [7, 11) is 0. The van der Waals surface area contributed by atoms with Crippen molar-refractivity contribution in [1.29, 1.82) is 0 Å². The molecule has 1 saturated heterocycles. The SMILES string of the molecule is CCN(CC)C(=O)C[C@@H]1CC2(CCN(C(=O)c3ccoc3C)CC2)c2ccccc21. The third-order valence-electron chi connectivity index (χ3n) is 7.24. The number of aryl methyl sites for hydroxylation is 1. The average Bonchev–Trinajstić information content (AvgIpc) is 3.31. The molecule has 0 unspecified atom stereocenters. The van der Waals surface area contributed by atoms with Gasteiger partial charge in [0.1, 0.15) is 5.76 Å². The maximum atomic E-state index is 12.9. The minimum Gasteiger partial charge on any atom is -0.469 e. The van der Waals surface area contributed by atoms with E-state index in [2.05, 4.69) is 24.3 Å². The average molecular weight is 409 g/mol. The van der Waals surface area contributed by atoms with Gasteiger partial charge in [0, 0.05) is 32.6 Å². The number of piperidine rings is 1. The van der Waals surface area contributed by atoms with E-state index in [4.69, 9.17) is 4.42 Å². The highest BCUT2D eigenvalue weighted by Gasteiger charge is 2.46. The van der Waals surface area contributed by atoms with E-state index in [1.54, 1.807) is 12.3 Å². The fraction of sp³-hybridized carbons (Fsp3) is 0.520. The Labute approximate surface area is 179 Å². The summed E-state index contributed by atoms with van der Waals surface area (Å²) in [6.45, 7) is 8.94. The summed E-state index contributed by atoms with van der Waals surface area (Å²) in [6.07, 6.45) is 5.06. The number of hydrogen-bond acceptors (Lipinski definition) is 3. The number of likely N-dealkylation sites (tertiary alicyclic amines) is 1. The van der Waals surface area contributed by atoms with Crippen LogP contribution in [-0.2, 0) is 10.2 Å². The predicted molar refractivity (Wildman–Crippen MR) is 117 cm³/mol. The summed E-state index contributed by atoms with van der Waals surface area (Å²) in [5.74, 6) is 1.27. The molecule has 0 bridgehead atoms. The molecular formula is C25H32N2O3. The molecule has 1 fully saturated rings.